The lowest BCUT2D eigenvalue weighted by Gasteiger charge is -2.43. The van der Waals surface area contributed by atoms with Gasteiger partial charge in [0.05, 0.1) is 7.11 Å². The van der Waals surface area contributed by atoms with Crippen molar-refractivity contribution in [2.24, 2.45) is 17.8 Å². The zero-order valence-electron chi connectivity index (χ0n) is 11.0. The van der Waals surface area contributed by atoms with Gasteiger partial charge in [0.25, 0.3) is 0 Å². The Labute approximate surface area is 104 Å². The highest BCUT2D eigenvalue weighted by Gasteiger charge is 2.43. The Morgan fingerprint density at radius 3 is 2.94 bits per heavy atom. The van der Waals surface area contributed by atoms with Crippen LogP contribution in [0.1, 0.15) is 33.1 Å². The molecule has 0 heterocycles. The van der Waals surface area contributed by atoms with Crippen LogP contribution in [-0.4, -0.2) is 25.2 Å². The topological polar surface area (TPSA) is 38.3 Å². The average Bonchev–Trinajstić information content (AvgIpc) is 2.70. The van der Waals surface area contributed by atoms with Crippen LogP contribution in [0.5, 0.6) is 0 Å². The van der Waals surface area contributed by atoms with Gasteiger partial charge >= 0.3 is 5.97 Å². The maximum atomic E-state index is 11.8. The van der Waals surface area contributed by atoms with Crippen molar-refractivity contribution in [1.29, 1.82) is 0 Å². The van der Waals surface area contributed by atoms with Gasteiger partial charge < -0.3 is 10.1 Å². The van der Waals surface area contributed by atoms with E-state index in [0.29, 0.717) is 17.9 Å². The minimum Gasteiger partial charge on any atom is -0.468 e. The third-order valence-electron chi connectivity index (χ3n) is 4.42. The van der Waals surface area contributed by atoms with E-state index < -0.39 is 0 Å². The van der Waals surface area contributed by atoms with Crippen LogP contribution in [-0.2, 0) is 9.53 Å². The Hall–Kier alpha value is -0.830. The summed E-state index contributed by atoms with van der Waals surface area (Å²) in [7, 11) is 1.47. The van der Waals surface area contributed by atoms with Gasteiger partial charge in [-0.25, -0.2) is 0 Å². The first-order valence-corrected chi connectivity index (χ1v) is 6.67. The third kappa shape index (κ3) is 2.39. The van der Waals surface area contributed by atoms with Crippen molar-refractivity contribution in [1.82, 2.24) is 5.32 Å². The molecule has 1 saturated carbocycles. The monoisotopic (exact) mass is 237 g/mol. The van der Waals surface area contributed by atoms with Crippen LogP contribution in [0.25, 0.3) is 0 Å². The molecule has 0 aromatic heterocycles. The molecule has 3 nitrogen and oxygen atoms in total. The number of rotatable bonds is 5. The second kappa shape index (κ2) is 5.21. The van der Waals surface area contributed by atoms with Crippen molar-refractivity contribution in [3.8, 4) is 0 Å². The molecule has 0 bridgehead atoms. The summed E-state index contributed by atoms with van der Waals surface area (Å²) in [6.07, 6.45) is 7.98. The van der Waals surface area contributed by atoms with Crippen LogP contribution in [0.3, 0.4) is 0 Å². The molecule has 0 amide bonds. The van der Waals surface area contributed by atoms with Crippen LogP contribution in [0, 0.1) is 17.8 Å². The Bertz CT molecular complexity index is 313. The lowest BCUT2D eigenvalue weighted by molar-refractivity contribution is -0.145. The first-order valence-electron chi connectivity index (χ1n) is 6.67. The quantitative estimate of drug-likeness (QED) is 0.588. The van der Waals surface area contributed by atoms with Crippen molar-refractivity contribution >= 4 is 5.97 Å². The molecule has 96 valence electrons. The molecular weight excluding hydrogens is 214 g/mol. The first-order chi connectivity index (χ1) is 8.17. The van der Waals surface area contributed by atoms with Gasteiger partial charge in [0, 0.05) is 6.04 Å². The Morgan fingerprint density at radius 1 is 1.59 bits per heavy atom. The molecule has 3 heteroatoms. The van der Waals surface area contributed by atoms with Crippen molar-refractivity contribution < 1.29 is 9.53 Å². The van der Waals surface area contributed by atoms with Gasteiger partial charge in [-0.1, -0.05) is 32.4 Å². The number of methoxy groups -OCH3 is 1. The van der Waals surface area contributed by atoms with Gasteiger partial charge in [-0.05, 0) is 30.6 Å². The predicted octanol–water partition coefficient (Wildman–Crippen LogP) is 2.13. The SMILES string of the molecule is CCC(C)C(NC1CC2CC=CC21)C(=O)OC. The summed E-state index contributed by atoms with van der Waals surface area (Å²) in [4.78, 5) is 11.8. The molecular formula is C14H23NO2. The molecule has 0 spiro atoms. The molecule has 0 aromatic rings. The molecule has 0 saturated heterocycles. The average molecular weight is 237 g/mol. The van der Waals surface area contributed by atoms with Gasteiger partial charge in [-0.2, -0.15) is 0 Å². The number of hydrogen-bond acceptors (Lipinski definition) is 3. The summed E-state index contributed by atoms with van der Waals surface area (Å²) in [6, 6.07) is 0.321. The molecule has 0 aromatic carbocycles. The summed E-state index contributed by atoms with van der Waals surface area (Å²) >= 11 is 0. The van der Waals surface area contributed by atoms with E-state index in [-0.39, 0.29) is 12.0 Å². The number of carbonyl (C=O) groups is 1. The summed E-state index contributed by atoms with van der Waals surface area (Å²) in [6.45, 7) is 4.22. The van der Waals surface area contributed by atoms with E-state index in [1.807, 2.05) is 0 Å². The predicted molar refractivity (Wildman–Crippen MR) is 67.5 cm³/mol. The lowest BCUT2D eigenvalue weighted by atomic mass is 9.71. The fourth-order valence-corrected chi connectivity index (χ4v) is 2.97. The van der Waals surface area contributed by atoms with E-state index in [0.717, 1.165) is 12.3 Å². The molecule has 1 fully saturated rings. The number of hydrogen-bond donors (Lipinski definition) is 1. The third-order valence-corrected chi connectivity index (χ3v) is 4.42. The molecule has 5 atom stereocenters. The maximum absolute atomic E-state index is 11.8. The van der Waals surface area contributed by atoms with Gasteiger partial charge in [-0.15, -0.1) is 0 Å². The summed E-state index contributed by atoms with van der Waals surface area (Å²) in [5.74, 6) is 1.67. The molecule has 2 aliphatic rings. The largest absolute Gasteiger partial charge is 0.468 e. The van der Waals surface area contributed by atoms with E-state index in [2.05, 4.69) is 31.3 Å². The summed E-state index contributed by atoms with van der Waals surface area (Å²) in [5, 5.41) is 3.50. The van der Waals surface area contributed by atoms with Crippen LogP contribution in [0.15, 0.2) is 12.2 Å². The zero-order chi connectivity index (χ0) is 12.4. The number of esters is 1. The summed E-state index contributed by atoms with van der Waals surface area (Å²) in [5.41, 5.74) is 0. The Morgan fingerprint density at radius 2 is 2.35 bits per heavy atom. The highest BCUT2D eigenvalue weighted by molar-refractivity contribution is 5.76. The van der Waals surface area contributed by atoms with Gasteiger partial charge in [-0.3, -0.25) is 4.79 Å². The molecule has 1 N–H and O–H groups in total. The van der Waals surface area contributed by atoms with Crippen LogP contribution in [0.2, 0.25) is 0 Å². The number of fused-ring (bicyclic) bond motifs is 1. The number of nitrogens with one attached hydrogen (secondary N) is 1. The number of carbonyl (C=O) groups excluding carboxylic acids is 1. The Kier molecular flexibility index (Phi) is 3.87. The van der Waals surface area contributed by atoms with E-state index in [1.165, 1.54) is 20.0 Å². The molecule has 0 radical (unpaired) electrons. The lowest BCUT2D eigenvalue weighted by Crippen LogP contribution is -2.56. The zero-order valence-corrected chi connectivity index (χ0v) is 11.0. The smallest absolute Gasteiger partial charge is 0.323 e. The first kappa shape index (κ1) is 12.6. The van der Waals surface area contributed by atoms with Crippen molar-refractivity contribution in [3.63, 3.8) is 0 Å². The van der Waals surface area contributed by atoms with Gasteiger partial charge in [0.1, 0.15) is 6.04 Å². The fraction of sp³-hybridized carbons (Fsp3) is 0.786. The maximum Gasteiger partial charge on any atom is 0.323 e. The van der Waals surface area contributed by atoms with Crippen molar-refractivity contribution in [2.75, 3.05) is 7.11 Å². The fourth-order valence-electron chi connectivity index (χ4n) is 2.97. The van der Waals surface area contributed by atoms with Crippen molar-refractivity contribution in [2.45, 2.75) is 45.2 Å². The highest BCUT2D eigenvalue weighted by atomic mass is 16.5. The standard InChI is InChI=1S/C14H23NO2/c1-4-9(2)13(14(16)17-3)15-12-8-10-6-5-7-11(10)12/h5,7,9-13,15H,4,6,8H2,1-3H3. The van der Waals surface area contributed by atoms with Crippen LogP contribution >= 0.6 is 0 Å². The molecule has 5 unspecified atom stereocenters. The number of allylic oxidation sites excluding steroid dienone is 1. The molecule has 2 aliphatic carbocycles. The van der Waals surface area contributed by atoms with E-state index in [1.54, 1.807) is 0 Å². The minimum absolute atomic E-state index is 0.121. The number of ether oxygens (including phenoxy) is 1. The Balaban J connectivity index is 1.93. The van der Waals surface area contributed by atoms with E-state index >= 15 is 0 Å². The van der Waals surface area contributed by atoms with Crippen LogP contribution in [0.4, 0.5) is 0 Å². The highest BCUT2D eigenvalue weighted by Crippen LogP contribution is 2.43. The minimum atomic E-state index is -0.148. The van der Waals surface area contributed by atoms with E-state index in [9.17, 15) is 4.79 Å². The molecule has 17 heavy (non-hydrogen) atoms. The summed E-state index contributed by atoms with van der Waals surface area (Å²) < 4.78 is 4.90. The second-order valence-corrected chi connectivity index (χ2v) is 5.40. The normalized spacial score (nSPS) is 33.7. The second-order valence-electron chi connectivity index (χ2n) is 5.40. The molecule has 0 aliphatic heterocycles. The van der Waals surface area contributed by atoms with Crippen molar-refractivity contribution in [3.05, 3.63) is 12.2 Å². The van der Waals surface area contributed by atoms with E-state index in [4.69, 9.17) is 4.74 Å². The van der Waals surface area contributed by atoms with Gasteiger partial charge in [0.2, 0.25) is 0 Å². The van der Waals surface area contributed by atoms with Gasteiger partial charge in [0.15, 0.2) is 0 Å². The molecule has 2 rings (SSSR count). The van der Waals surface area contributed by atoms with Crippen LogP contribution < -0.4 is 5.32 Å².